The molecule has 0 aliphatic carbocycles. The maximum atomic E-state index is 6.71. The van der Waals surface area contributed by atoms with Gasteiger partial charge in [0, 0.05) is 21.9 Å². The van der Waals surface area contributed by atoms with Gasteiger partial charge < -0.3 is 4.42 Å². The van der Waals surface area contributed by atoms with E-state index in [0.717, 1.165) is 22.1 Å². The largest absolute Gasteiger partial charge is 0.455 e. The Bertz CT molecular complexity index is 2340. The third kappa shape index (κ3) is 3.93. The highest BCUT2D eigenvalue weighted by Gasteiger charge is 2.20. The van der Waals surface area contributed by atoms with Gasteiger partial charge in [0.1, 0.15) is 11.2 Å². The molecule has 1 aromatic heterocycles. The monoisotopic (exact) mass is 550 g/mol. The summed E-state index contributed by atoms with van der Waals surface area (Å²) in [6, 6.07) is 46.1. The maximum absolute atomic E-state index is 6.71. The summed E-state index contributed by atoms with van der Waals surface area (Å²) < 4.78 is 6.71. The van der Waals surface area contributed by atoms with Gasteiger partial charge in [-0.15, -0.1) is 0 Å². The summed E-state index contributed by atoms with van der Waals surface area (Å²) in [6.45, 7) is 4.15. The van der Waals surface area contributed by atoms with Crippen molar-refractivity contribution in [2.24, 2.45) is 0 Å². The van der Waals surface area contributed by atoms with Gasteiger partial charge in [-0.25, -0.2) is 0 Å². The lowest BCUT2D eigenvalue weighted by atomic mass is 9.85. The van der Waals surface area contributed by atoms with Crippen molar-refractivity contribution in [2.45, 2.75) is 13.8 Å². The van der Waals surface area contributed by atoms with Crippen LogP contribution >= 0.6 is 0 Å². The van der Waals surface area contributed by atoms with E-state index in [-0.39, 0.29) is 0 Å². The van der Waals surface area contributed by atoms with Gasteiger partial charge in [-0.3, -0.25) is 0 Å². The maximum Gasteiger partial charge on any atom is 0.143 e. The minimum absolute atomic E-state index is 0.921. The van der Waals surface area contributed by atoms with Crippen molar-refractivity contribution in [3.05, 3.63) is 151 Å². The molecule has 0 fully saturated rings. The van der Waals surface area contributed by atoms with E-state index in [2.05, 4.69) is 159 Å². The molecule has 0 amide bonds. The quantitative estimate of drug-likeness (QED) is 0.157. The fourth-order valence-corrected chi connectivity index (χ4v) is 6.86. The average molecular weight is 551 g/mol. The van der Waals surface area contributed by atoms with Gasteiger partial charge in [0.25, 0.3) is 0 Å². The Labute approximate surface area is 251 Å². The molecule has 204 valence electrons. The zero-order valence-corrected chi connectivity index (χ0v) is 24.3. The molecule has 7 aromatic carbocycles. The highest BCUT2D eigenvalue weighted by molar-refractivity contribution is 6.26. The lowest BCUT2D eigenvalue weighted by Crippen LogP contribution is -1.91. The molecule has 1 heterocycles. The van der Waals surface area contributed by atoms with E-state index < -0.39 is 0 Å². The van der Waals surface area contributed by atoms with Crippen molar-refractivity contribution < 1.29 is 4.42 Å². The standard InChI is InChI=1S/C42H30O/c1-3-12-27(4-2)28-21-23-30(24-22-28)39-32-15-7-9-17-34(32)40(35-18-10-8-16-33(35)39)36-19-11-20-37-41-31-14-6-5-13-29(31)25-26-38(41)43-42(36)37/h3-26H,1-2H3/b12-3-,27-4+. The van der Waals surface area contributed by atoms with Gasteiger partial charge in [-0.05, 0) is 74.5 Å². The van der Waals surface area contributed by atoms with Crippen LogP contribution in [0.15, 0.2) is 150 Å². The van der Waals surface area contributed by atoms with E-state index in [1.807, 2.05) is 0 Å². The summed E-state index contributed by atoms with van der Waals surface area (Å²) in [6.07, 6.45) is 6.42. The van der Waals surface area contributed by atoms with Gasteiger partial charge in [0.05, 0.1) is 0 Å². The SMILES string of the molecule is C/C=C\C(=C/C)c1ccc(-c2c3ccccc3c(-c3cccc4c3oc3ccc5ccccc5c34)c3ccccc23)cc1. The van der Waals surface area contributed by atoms with E-state index >= 15 is 0 Å². The van der Waals surface area contributed by atoms with Crippen LogP contribution in [0.4, 0.5) is 0 Å². The fourth-order valence-electron chi connectivity index (χ4n) is 6.86. The molecule has 0 radical (unpaired) electrons. The second-order valence-electron chi connectivity index (χ2n) is 11.1. The van der Waals surface area contributed by atoms with Crippen LogP contribution in [0.5, 0.6) is 0 Å². The van der Waals surface area contributed by atoms with Gasteiger partial charge >= 0.3 is 0 Å². The molecular weight excluding hydrogens is 520 g/mol. The first-order valence-electron chi connectivity index (χ1n) is 14.9. The molecule has 8 aromatic rings. The number of hydrogen-bond donors (Lipinski definition) is 0. The fraction of sp³-hybridized carbons (Fsp3) is 0.0476. The van der Waals surface area contributed by atoms with Crippen molar-refractivity contribution in [3.8, 4) is 22.3 Å². The first-order chi connectivity index (χ1) is 21.3. The third-order valence-electron chi connectivity index (χ3n) is 8.75. The van der Waals surface area contributed by atoms with Crippen LogP contribution in [0.2, 0.25) is 0 Å². The van der Waals surface area contributed by atoms with E-state index in [4.69, 9.17) is 4.42 Å². The summed E-state index contributed by atoms with van der Waals surface area (Å²) >= 11 is 0. The molecule has 0 bridgehead atoms. The van der Waals surface area contributed by atoms with Crippen LogP contribution in [-0.4, -0.2) is 0 Å². The number of fused-ring (bicyclic) bond motifs is 7. The number of para-hydroxylation sites is 1. The van der Waals surface area contributed by atoms with Crippen LogP contribution in [-0.2, 0) is 0 Å². The van der Waals surface area contributed by atoms with Crippen molar-refractivity contribution in [1.82, 2.24) is 0 Å². The summed E-state index contributed by atoms with van der Waals surface area (Å²) in [5, 5.41) is 9.70. The molecule has 0 spiro atoms. The number of benzene rings is 7. The van der Waals surface area contributed by atoms with Crippen molar-refractivity contribution in [3.63, 3.8) is 0 Å². The lowest BCUT2D eigenvalue weighted by Gasteiger charge is -2.18. The average Bonchev–Trinajstić information content (AvgIpc) is 3.46. The highest BCUT2D eigenvalue weighted by atomic mass is 16.3. The minimum Gasteiger partial charge on any atom is -0.455 e. The molecule has 0 atom stereocenters. The molecule has 43 heavy (non-hydrogen) atoms. The molecule has 1 nitrogen and oxygen atoms in total. The number of rotatable bonds is 4. The zero-order chi connectivity index (χ0) is 28.9. The van der Waals surface area contributed by atoms with Gasteiger partial charge in [-0.1, -0.05) is 140 Å². The zero-order valence-electron chi connectivity index (χ0n) is 24.3. The Balaban J connectivity index is 1.44. The predicted octanol–water partition coefficient (Wildman–Crippen LogP) is 12.4. The molecule has 0 aliphatic heterocycles. The van der Waals surface area contributed by atoms with Crippen LogP contribution < -0.4 is 0 Å². The van der Waals surface area contributed by atoms with Crippen LogP contribution in [0.3, 0.4) is 0 Å². The van der Waals surface area contributed by atoms with E-state index in [0.29, 0.717) is 0 Å². The normalized spacial score (nSPS) is 12.5. The highest BCUT2D eigenvalue weighted by Crippen LogP contribution is 2.47. The summed E-state index contributed by atoms with van der Waals surface area (Å²) in [7, 11) is 0. The topological polar surface area (TPSA) is 13.1 Å². The minimum atomic E-state index is 0.921. The summed E-state index contributed by atoms with van der Waals surface area (Å²) in [4.78, 5) is 0. The number of allylic oxidation sites excluding steroid dienone is 4. The van der Waals surface area contributed by atoms with Crippen molar-refractivity contribution in [1.29, 1.82) is 0 Å². The second kappa shape index (κ2) is 10.2. The summed E-state index contributed by atoms with van der Waals surface area (Å²) in [5.74, 6) is 0. The Morgan fingerprint density at radius 3 is 1.79 bits per heavy atom. The molecule has 0 unspecified atom stereocenters. The van der Waals surface area contributed by atoms with Crippen molar-refractivity contribution in [2.75, 3.05) is 0 Å². The van der Waals surface area contributed by atoms with E-state index in [1.165, 1.54) is 65.5 Å². The second-order valence-corrected chi connectivity index (χ2v) is 11.1. The van der Waals surface area contributed by atoms with E-state index in [1.54, 1.807) is 0 Å². The molecule has 0 aliphatic rings. The Morgan fingerprint density at radius 2 is 1.14 bits per heavy atom. The van der Waals surface area contributed by atoms with Gasteiger partial charge in [0.2, 0.25) is 0 Å². The summed E-state index contributed by atoms with van der Waals surface area (Å²) in [5.41, 5.74) is 9.11. The van der Waals surface area contributed by atoms with Crippen LogP contribution in [0.1, 0.15) is 19.4 Å². The number of hydrogen-bond acceptors (Lipinski definition) is 1. The first-order valence-corrected chi connectivity index (χ1v) is 14.9. The van der Waals surface area contributed by atoms with Gasteiger partial charge in [-0.2, -0.15) is 0 Å². The molecular formula is C42H30O. The van der Waals surface area contributed by atoms with Crippen molar-refractivity contribution >= 4 is 59.8 Å². The molecule has 0 saturated carbocycles. The Morgan fingerprint density at radius 1 is 0.535 bits per heavy atom. The lowest BCUT2D eigenvalue weighted by molar-refractivity contribution is 0.670. The first kappa shape index (κ1) is 25.3. The number of furan rings is 1. The molecule has 0 N–H and O–H groups in total. The molecule has 1 heteroatoms. The third-order valence-corrected chi connectivity index (χ3v) is 8.75. The Hall–Kier alpha value is -5.40. The Kier molecular flexibility index (Phi) is 5.98. The van der Waals surface area contributed by atoms with Gasteiger partial charge in [0.15, 0.2) is 0 Å². The molecule has 0 saturated heterocycles. The van der Waals surface area contributed by atoms with Crippen LogP contribution in [0.25, 0.3) is 82.1 Å². The van der Waals surface area contributed by atoms with E-state index in [9.17, 15) is 0 Å². The van der Waals surface area contributed by atoms with Crippen LogP contribution in [0, 0.1) is 0 Å². The predicted molar refractivity (Wildman–Crippen MR) is 186 cm³/mol. The molecule has 8 rings (SSSR count). The smallest absolute Gasteiger partial charge is 0.143 e.